The van der Waals surface area contributed by atoms with E-state index in [4.69, 9.17) is 0 Å². The molecule has 0 bridgehead atoms. The molecule has 1 aromatic rings. The number of nitrogens with one attached hydrogen (secondary N) is 1. The van der Waals surface area contributed by atoms with E-state index in [9.17, 15) is 18.0 Å². The van der Waals surface area contributed by atoms with Gasteiger partial charge in [-0.15, -0.1) is 0 Å². The maximum absolute atomic E-state index is 13.6. The van der Waals surface area contributed by atoms with Gasteiger partial charge in [-0.05, 0) is 16.5 Å². The highest BCUT2D eigenvalue weighted by molar-refractivity contribution is 5.77. The molecule has 1 amide bonds. The summed E-state index contributed by atoms with van der Waals surface area (Å²) in [6.45, 7) is 5.69. The van der Waals surface area contributed by atoms with Gasteiger partial charge in [-0.3, -0.25) is 10.2 Å². The van der Waals surface area contributed by atoms with Gasteiger partial charge >= 0.3 is 6.18 Å². The van der Waals surface area contributed by atoms with Gasteiger partial charge in [0.2, 0.25) is 5.91 Å². The van der Waals surface area contributed by atoms with Crippen molar-refractivity contribution in [2.75, 3.05) is 6.54 Å². The van der Waals surface area contributed by atoms with Gasteiger partial charge in [-0.2, -0.15) is 13.2 Å². The molecule has 6 heteroatoms. The van der Waals surface area contributed by atoms with Crippen LogP contribution in [0.3, 0.4) is 0 Å². The predicted octanol–water partition coefficient (Wildman–Crippen LogP) is 3.32. The summed E-state index contributed by atoms with van der Waals surface area (Å²) in [7, 11) is 0. The second kappa shape index (κ2) is 5.33. The van der Waals surface area contributed by atoms with Gasteiger partial charge in [0.1, 0.15) is 6.04 Å². The lowest BCUT2D eigenvalue weighted by Crippen LogP contribution is -2.44. The van der Waals surface area contributed by atoms with E-state index in [1.165, 1.54) is 6.07 Å². The van der Waals surface area contributed by atoms with E-state index in [0.29, 0.717) is 5.56 Å². The molecule has 2 rings (SSSR count). The Bertz CT molecular complexity index is 534. The predicted molar refractivity (Wildman–Crippen MR) is 73.4 cm³/mol. The van der Waals surface area contributed by atoms with Crippen LogP contribution in [0, 0.1) is 0 Å². The molecule has 116 valence electrons. The highest BCUT2D eigenvalue weighted by atomic mass is 19.4. The number of halogens is 3. The third kappa shape index (κ3) is 3.37. The summed E-state index contributed by atoms with van der Waals surface area (Å²) < 4.78 is 40.7. The van der Waals surface area contributed by atoms with Crippen molar-refractivity contribution in [1.29, 1.82) is 0 Å². The molecule has 1 N–H and O–H groups in total. The van der Waals surface area contributed by atoms with E-state index in [-0.39, 0.29) is 24.4 Å². The number of hydrazine groups is 1. The van der Waals surface area contributed by atoms with Gasteiger partial charge in [0.05, 0.1) is 0 Å². The number of benzene rings is 1. The highest BCUT2D eigenvalue weighted by Crippen LogP contribution is 2.41. The van der Waals surface area contributed by atoms with Gasteiger partial charge < -0.3 is 0 Å². The third-order valence-corrected chi connectivity index (χ3v) is 3.53. The van der Waals surface area contributed by atoms with Crippen LogP contribution in [-0.2, 0) is 10.2 Å². The SMILES string of the molecule is CC(C)(C)c1ccccc1[C@H](N1CCC(=O)N1)C(F)(F)F. The molecule has 0 aliphatic carbocycles. The fraction of sp³-hybridized carbons (Fsp3) is 0.533. The maximum Gasteiger partial charge on any atom is 0.409 e. The molecule has 1 fully saturated rings. The molecule has 3 nitrogen and oxygen atoms in total. The van der Waals surface area contributed by atoms with Gasteiger partial charge in [0.15, 0.2) is 0 Å². The second-order valence-electron chi connectivity index (χ2n) is 6.26. The lowest BCUT2D eigenvalue weighted by Gasteiger charge is -2.33. The Morgan fingerprint density at radius 2 is 1.81 bits per heavy atom. The smallest absolute Gasteiger partial charge is 0.288 e. The van der Waals surface area contributed by atoms with Gasteiger partial charge in [0, 0.05) is 13.0 Å². The minimum absolute atomic E-state index is 0.0570. The Hall–Kier alpha value is -1.56. The minimum Gasteiger partial charge on any atom is -0.288 e. The zero-order chi connectivity index (χ0) is 15.8. The Morgan fingerprint density at radius 1 is 1.19 bits per heavy atom. The summed E-state index contributed by atoms with van der Waals surface area (Å²) in [5.74, 6) is -0.377. The third-order valence-electron chi connectivity index (χ3n) is 3.53. The van der Waals surface area contributed by atoms with Crippen LogP contribution >= 0.6 is 0 Å². The number of alkyl halides is 3. The summed E-state index contributed by atoms with van der Waals surface area (Å²) >= 11 is 0. The summed E-state index contributed by atoms with van der Waals surface area (Å²) in [6, 6.07) is 4.72. The van der Waals surface area contributed by atoms with Crippen LogP contribution in [0.25, 0.3) is 0 Å². The van der Waals surface area contributed by atoms with Crippen molar-refractivity contribution in [3.63, 3.8) is 0 Å². The number of amides is 1. The Morgan fingerprint density at radius 3 is 2.29 bits per heavy atom. The number of hydrogen-bond donors (Lipinski definition) is 1. The van der Waals surface area contributed by atoms with Crippen molar-refractivity contribution in [3.8, 4) is 0 Å². The van der Waals surface area contributed by atoms with Crippen molar-refractivity contribution < 1.29 is 18.0 Å². The fourth-order valence-corrected chi connectivity index (χ4v) is 2.63. The van der Waals surface area contributed by atoms with Crippen molar-refractivity contribution in [1.82, 2.24) is 10.4 Å². The van der Waals surface area contributed by atoms with Crippen LogP contribution < -0.4 is 5.43 Å². The van der Waals surface area contributed by atoms with E-state index in [1.807, 2.05) is 20.8 Å². The fourth-order valence-electron chi connectivity index (χ4n) is 2.63. The van der Waals surface area contributed by atoms with Gasteiger partial charge in [-0.1, -0.05) is 45.0 Å². The summed E-state index contributed by atoms with van der Waals surface area (Å²) in [5.41, 5.74) is 2.73. The van der Waals surface area contributed by atoms with Gasteiger partial charge in [-0.25, -0.2) is 5.01 Å². The number of carbonyl (C=O) groups is 1. The Labute approximate surface area is 122 Å². The Balaban J connectivity index is 2.50. The standard InChI is InChI=1S/C15H19F3N2O/c1-14(2,3)11-7-5-4-6-10(11)13(15(16,17)18)20-9-8-12(21)19-20/h4-7,13H,8-9H2,1-3H3,(H,19,21)/t13-/m0/s1. The van der Waals surface area contributed by atoms with E-state index in [2.05, 4.69) is 5.43 Å². The molecule has 1 aliphatic heterocycles. The molecular formula is C15H19F3N2O. The van der Waals surface area contributed by atoms with E-state index in [0.717, 1.165) is 5.01 Å². The average Bonchev–Trinajstić information content (AvgIpc) is 2.73. The van der Waals surface area contributed by atoms with Gasteiger partial charge in [0.25, 0.3) is 0 Å². The maximum atomic E-state index is 13.6. The zero-order valence-electron chi connectivity index (χ0n) is 12.3. The van der Waals surface area contributed by atoms with Crippen LogP contribution in [0.4, 0.5) is 13.2 Å². The molecule has 1 saturated heterocycles. The van der Waals surface area contributed by atoms with E-state index < -0.39 is 17.6 Å². The zero-order valence-corrected chi connectivity index (χ0v) is 12.3. The summed E-state index contributed by atoms with van der Waals surface area (Å²) in [4.78, 5) is 11.3. The molecule has 0 unspecified atom stereocenters. The van der Waals surface area contributed by atoms with E-state index >= 15 is 0 Å². The van der Waals surface area contributed by atoms with Crippen molar-refractivity contribution in [2.45, 2.75) is 44.8 Å². The summed E-state index contributed by atoms with van der Waals surface area (Å²) in [6.07, 6.45) is -4.37. The quantitative estimate of drug-likeness (QED) is 0.908. The first kappa shape index (κ1) is 15.8. The summed E-state index contributed by atoms with van der Waals surface area (Å²) in [5, 5.41) is 0.993. The monoisotopic (exact) mass is 300 g/mol. The molecule has 1 aliphatic rings. The van der Waals surface area contributed by atoms with Crippen LogP contribution in [0.1, 0.15) is 44.4 Å². The molecule has 0 aromatic heterocycles. The first-order valence-electron chi connectivity index (χ1n) is 6.83. The van der Waals surface area contributed by atoms with Crippen LogP contribution in [0.15, 0.2) is 24.3 Å². The van der Waals surface area contributed by atoms with Crippen LogP contribution in [0.2, 0.25) is 0 Å². The van der Waals surface area contributed by atoms with Crippen molar-refractivity contribution in [3.05, 3.63) is 35.4 Å². The van der Waals surface area contributed by atoms with Crippen LogP contribution in [-0.4, -0.2) is 23.6 Å². The number of rotatable bonds is 2. The number of carbonyl (C=O) groups excluding carboxylic acids is 1. The molecular weight excluding hydrogens is 281 g/mol. The lowest BCUT2D eigenvalue weighted by atomic mass is 9.81. The largest absolute Gasteiger partial charge is 0.409 e. The van der Waals surface area contributed by atoms with Crippen molar-refractivity contribution >= 4 is 5.91 Å². The number of hydrogen-bond acceptors (Lipinski definition) is 2. The second-order valence-corrected chi connectivity index (χ2v) is 6.26. The topological polar surface area (TPSA) is 32.3 Å². The normalized spacial score (nSPS) is 18.7. The molecule has 0 radical (unpaired) electrons. The average molecular weight is 300 g/mol. The molecule has 21 heavy (non-hydrogen) atoms. The molecule has 0 saturated carbocycles. The molecule has 1 aromatic carbocycles. The molecule has 0 spiro atoms. The molecule has 1 atom stereocenters. The first-order chi connectivity index (χ1) is 9.60. The highest BCUT2D eigenvalue weighted by Gasteiger charge is 2.48. The molecule has 1 heterocycles. The number of nitrogens with zero attached hydrogens (tertiary/aromatic N) is 1. The Kier molecular flexibility index (Phi) is 4.02. The lowest BCUT2D eigenvalue weighted by molar-refractivity contribution is -0.191. The minimum atomic E-state index is -4.46. The van der Waals surface area contributed by atoms with Crippen LogP contribution in [0.5, 0.6) is 0 Å². The van der Waals surface area contributed by atoms with Crippen molar-refractivity contribution in [2.24, 2.45) is 0 Å². The first-order valence-corrected chi connectivity index (χ1v) is 6.83. The van der Waals surface area contributed by atoms with E-state index in [1.54, 1.807) is 18.2 Å².